The van der Waals surface area contributed by atoms with E-state index in [9.17, 15) is 9.90 Å². The van der Waals surface area contributed by atoms with Crippen LogP contribution in [0.15, 0.2) is 0 Å². The van der Waals surface area contributed by atoms with E-state index in [1.54, 1.807) is 12.0 Å². The molecule has 0 aromatic heterocycles. The van der Waals surface area contributed by atoms with Crippen molar-refractivity contribution < 1.29 is 14.6 Å². The van der Waals surface area contributed by atoms with Gasteiger partial charge in [-0.2, -0.15) is 0 Å². The second kappa shape index (κ2) is 8.11. The number of methoxy groups -OCH3 is 1. The molecule has 2 aliphatic rings. The lowest BCUT2D eigenvalue weighted by Crippen LogP contribution is -2.59. The van der Waals surface area contributed by atoms with Crippen molar-refractivity contribution in [3.63, 3.8) is 0 Å². The van der Waals surface area contributed by atoms with Gasteiger partial charge >= 0.3 is 0 Å². The van der Waals surface area contributed by atoms with Gasteiger partial charge in [0.05, 0.1) is 6.61 Å². The van der Waals surface area contributed by atoms with Crippen LogP contribution >= 0.6 is 0 Å². The lowest BCUT2D eigenvalue weighted by atomic mass is 9.91. The molecular weight excluding hydrogens is 268 g/mol. The van der Waals surface area contributed by atoms with E-state index in [0.29, 0.717) is 32.2 Å². The first kappa shape index (κ1) is 16.7. The first-order chi connectivity index (χ1) is 10.2. The van der Waals surface area contributed by atoms with E-state index in [1.807, 2.05) is 0 Å². The minimum Gasteiger partial charge on any atom is -0.383 e. The molecule has 5 heteroatoms. The Bertz CT molecular complexity index is 329. The summed E-state index contributed by atoms with van der Waals surface area (Å²) >= 11 is 0. The van der Waals surface area contributed by atoms with E-state index in [4.69, 9.17) is 4.74 Å². The lowest BCUT2D eigenvalue weighted by Gasteiger charge is -2.39. The Hall–Kier alpha value is -0.650. The van der Waals surface area contributed by atoms with Crippen LogP contribution < -0.4 is 5.32 Å². The monoisotopic (exact) mass is 298 g/mol. The number of hydrogen-bond acceptors (Lipinski definition) is 4. The van der Waals surface area contributed by atoms with Gasteiger partial charge in [0.1, 0.15) is 0 Å². The van der Waals surface area contributed by atoms with Crippen molar-refractivity contribution in [3.8, 4) is 0 Å². The molecule has 1 atom stereocenters. The van der Waals surface area contributed by atoms with Crippen LogP contribution in [0.2, 0.25) is 0 Å². The summed E-state index contributed by atoms with van der Waals surface area (Å²) in [5.41, 5.74) is -1.22. The summed E-state index contributed by atoms with van der Waals surface area (Å²) in [6, 6.07) is 0.457. The standard InChI is InChI=1S/C16H30N2O3/c1-21-12-11-18-10-6-9-16(20,15(18)19)13-17-14-7-4-2-3-5-8-14/h14,17,20H,2-13H2,1H3/t16-/m0/s1. The molecule has 0 unspecified atom stereocenters. The van der Waals surface area contributed by atoms with E-state index in [2.05, 4.69) is 5.32 Å². The van der Waals surface area contributed by atoms with Crippen LogP contribution in [0.1, 0.15) is 51.4 Å². The molecule has 122 valence electrons. The molecule has 0 aromatic rings. The maximum atomic E-state index is 12.5. The van der Waals surface area contributed by atoms with E-state index >= 15 is 0 Å². The smallest absolute Gasteiger partial charge is 0.255 e. The molecule has 5 nitrogen and oxygen atoms in total. The van der Waals surface area contributed by atoms with E-state index < -0.39 is 5.60 Å². The molecule has 0 bridgehead atoms. The third-order valence-corrected chi connectivity index (χ3v) is 4.81. The van der Waals surface area contributed by atoms with Crippen LogP contribution in [-0.2, 0) is 9.53 Å². The van der Waals surface area contributed by atoms with Crippen LogP contribution in [0.25, 0.3) is 0 Å². The van der Waals surface area contributed by atoms with Crippen molar-refractivity contribution in [2.45, 2.75) is 63.0 Å². The Kier molecular flexibility index (Phi) is 6.45. The Labute approximate surface area is 128 Å². The first-order valence-corrected chi connectivity index (χ1v) is 8.40. The molecule has 21 heavy (non-hydrogen) atoms. The topological polar surface area (TPSA) is 61.8 Å². The predicted octanol–water partition coefficient (Wildman–Crippen LogP) is 1.30. The number of amides is 1. The molecular formula is C16H30N2O3. The molecule has 1 amide bonds. The van der Waals surface area contributed by atoms with Gasteiger partial charge in [0.2, 0.25) is 0 Å². The van der Waals surface area contributed by atoms with Crippen LogP contribution in [0.3, 0.4) is 0 Å². The van der Waals surface area contributed by atoms with Gasteiger partial charge in [-0.3, -0.25) is 4.79 Å². The number of aliphatic hydroxyl groups is 1. The largest absolute Gasteiger partial charge is 0.383 e. The van der Waals surface area contributed by atoms with Crippen LogP contribution in [0.4, 0.5) is 0 Å². The minimum absolute atomic E-state index is 0.132. The number of carbonyl (C=O) groups is 1. The number of rotatable bonds is 6. The van der Waals surface area contributed by atoms with Crippen molar-refractivity contribution in [3.05, 3.63) is 0 Å². The SMILES string of the molecule is COCCN1CCC[C@](O)(CNC2CCCCCC2)C1=O. The maximum absolute atomic E-state index is 12.5. The normalized spacial score (nSPS) is 28.7. The van der Waals surface area contributed by atoms with Crippen molar-refractivity contribution in [2.75, 3.05) is 33.4 Å². The Balaban J connectivity index is 1.85. The molecule has 1 saturated heterocycles. The average molecular weight is 298 g/mol. The minimum atomic E-state index is -1.22. The summed E-state index contributed by atoms with van der Waals surface area (Å²) in [4.78, 5) is 14.2. The van der Waals surface area contributed by atoms with Gasteiger partial charge in [-0.1, -0.05) is 25.7 Å². The summed E-state index contributed by atoms with van der Waals surface area (Å²) in [7, 11) is 1.63. The number of ether oxygens (including phenoxy) is 1. The summed E-state index contributed by atoms with van der Waals surface area (Å²) in [6.07, 6.45) is 8.88. The van der Waals surface area contributed by atoms with E-state index in [1.165, 1.54) is 25.7 Å². The quantitative estimate of drug-likeness (QED) is 0.726. The van der Waals surface area contributed by atoms with Crippen LogP contribution in [-0.4, -0.2) is 60.9 Å². The van der Waals surface area contributed by atoms with E-state index in [-0.39, 0.29) is 5.91 Å². The molecule has 1 aliphatic carbocycles. The molecule has 1 heterocycles. The zero-order valence-electron chi connectivity index (χ0n) is 13.3. The number of nitrogens with one attached hydrogen (secondary N) is 1. The number of nitrogens with zero attached hydrogens (tertiary/aromatic N) is 1. The average Bonchev–Trinajstić information content (AvgIpc) is 2.76. The van der Waals surface area contributed by atoms with Gasteiger partial charge in [-0.05, 0) is 25.7 Å². The first-order valence-electron chi connectivity index (χ1n) is 8.40. The van der Waals surface area contributed by atoms with Crippen molar-refractivity contribution >= 4 is 5.91 Å². The highest BCUT2D eigenvalue weighted by molar-refractivity contribution is 5.86. The van der Waals surface area contributed by atoms with E-state index in [0.717, 1.165) is 25.8 Å². The predicted molar refractivity (Wildman–Crippen MR) is 82.1 cm³/mol. The van der Waals surface area contributed by atoms with Gasteiger partial charge in [-0.15, -0.1) is 0 Å². The fraction of sp³-hybridized carbons (Fsp3) is 0.938. The van der Waals surface area contributed by atoms with Crippen LogP contribution in [0, 0.1) is 0 Å². The summed E-state index contributed by atoms with van der Waals surface area (Å²) in [5, 5.41) is 14.2. The van der Waals surface area contributed by atoms with Crippen molar-refractivity contribution in [1.29, 1.82) is 0 Å². The van der Waals surface area contributed by atoms with Gasteiger partial charge in [0.25, 0.3) is 5.91 Å². The van der Waals surface area contributed by atoms with Gasteiger partial charge < -0.3 is 20.1 Å². The number of carbonyl (C=O) groups excluding carboxylic acids is 1. The summed E-state index contributed by atoms with van der Waals surface area (Å²) in [5.74, 6) is -0.132. The molecule has 2 N–H and O–H groups in total. The Morgan fingerprint density at radius 2 is 2.00 bits per heavy atom. The third kappa shape index (κ3) is 4.66. The molecule has 0 radical (unpaired) electrons. The van der Waals surface area contributed by atoms with Gasteiger partial charge in [-0.25, -0.2) is 0 Å². The zero-order valence-corrected chi connectivity index (χ0v) is 13.3. The fourth-order valence-electron chi connectivity index (χ4n) is 3.44. The highest BCUT2D eigenvalue weighted by atomic mass is 16.5. The summed E-state index contributed by atoms with van der Waals surface area (Å²) in [6.45, 7) is 2.22. The van der Waals surface area contributed by atoms with Gasteiger partial charge in [0.15, 0.2) is 5.60 Å². The molecule has 1 saturated carbocycles. The molecule has 2 rings (SSSR count). The maximum Gasteiger partial charge on any atom is 0.255 e. The third-order valence-electron chi connectivity index (χ3n) is 4.81. The molecule has 2 fully saturated rings. The summed E-state index contributed by atoms with van der Waals surface area (Å²) < 4.78 is 5.04. The number of hydrogen-bond donors (Lipinski definition) is 2. The van der Waals surface area contributed by atoms with Gasteiger partial charge in [0, 0.05) is 32.8 Å². The molecule has 0 spiro atoms. The van der Waals surface area contributed by atoms with Crippen LogP contribution in [0.5, 0.6) is 0 Å². The second-order valence-electron chi connectivity index (χ2n) is 6.49. The number of likely N-dealkylation sites (tertiary alicyclic amines) is 1. The highest BCUT2D eigenvalue weighted by Crippen LogP contribution is 2.23. The lowest BCUT2D eigenvalue weighted by molar-refractivity contribution is -0.157. The highest BCUT2D eigenvalue weighted by Gasteiger charge is 2.42. The van der Waals surface area contributed by atoms with Crippen molar-refractivity contribution in [1.82, 2.24) is 10.2 Å². The fourth-order valence-corrected chi connectivity index (χ4v) is 3.44. The molecule has 0 aromatic carbocycles. The Morgan fingerprint density at radius 1 is 1.29 bits per heavy atom. The second-order valence-corrected chi connectivity index (χ2v) is 6.49. The Morgan fingerprint density at radius 3 is 2.67 bits per heavy atom. The van der Waals surface area contributed by atoms with Crippen molar-refractivity contribution in [2.24, 2.45) is 0 Å². The zero-order chi connectivity index (χ0) is 15.1. The number of piperidine rings is 1. The molecule has 1 aliphatic heterocycles.